The highest BCUT2D eigenvalue weighted by atomic mass is 32.2. The van der Waals surface area contributed by atoms with E-state index in [1.807, 2.05) is 6.92 Å². The molecule has 0 bridgehead atoms. The first-order chi connectivity index (χ1) is 7.22. The number of nitrogens with zero attached hydrogens (tertiary/aromatic N) is 2. The molecule has 1 heterocycles. The van der Waals surface area contributed by atoms with Crippen molar-refractivity contribution in [1.82, 2.24) is 20.5 Å². The number of thioether (sulfide) groups is 1. The van der Waals surface area contributed by atoms with Gasteiger partial charge in [0.15, 0.2) is 0 Å². The summed E-state index contributed by atoms with van der Waals surface area (Å²) in [6, 6.07) is 0. The van der Waals surface area contributed by atoms with E-state index in [1.54, 1.807) is 0 Å². The van der Waals surface area contributed by atoms with Crippen LogP contribution in [0.15, 0.2) is 5.16 Å². The second-order valence-corrected chi connectivity index (χ2v) is 4.36. The maximum Gasteiger partial charge on any atom is 0.208 e. The largest absolute Gasteiger partial charge is 0.391 e. The molecule has 1 rings (SSSR count). The molecular formula is C9H18N4OS. The molecule has 0 aliphatic rings. The van der Waals surface area contributed by atoms with Crippen molar-refractivity contribution < 1.29 is 5.11 Å². The van der Waals surface area contributed by atoms with E-state index in [9.17, 15) is 5.11 Å². The van der Waals surface area contributed by atoms with Crippen molar-refractivity contribution >= 4 is 11.8 Å². The lowest BCUT2D eigenvalue weighted by Crippen LogP contribution is -2.28. The van der Waals surface area contributed by atoms with Gasteiger partial charge in [0.2, 0.25) is 5.16 Å². The van der Waals surface area contributed by atoms with Gasteiger partial charge in [0.05, 0.1) is 6.10 Å². The maximum absolute atomic E-state index is 9.59. The second-order valence-electron chi connectivity index (χ2n) is 3.37. The summed E-state index contributed by atoms with van der Waals surface area (Å²) in [6.45, 7) is 5.53. The average molecular weight is 230 g/mol. The first-order valence-corrected chi connectivity index (χ1v) is 6.11. The summed E-state index contributed by atoms with van der Waals surface area (Å²) in [4.78, 5) is 4.14. The fourth-order valence-corrected chi connectivity index (χ4v) is 1.83. The Morgan fingerprint density at radius 1 is 1.60 bits per heavy atom. The highest BCUT2D eigenvalue weighted by Gasteiger charge is 2.06. The number of hydrogen-bond donors (Lipinski definition) is 3. The zero-order valence-corrected chi connectivity index (χ0v) is 9.97. The third kappa shape index (κ3) is 5.15. The molecule has 0 aromatic carbocycles. The summed E-state index contributed by atoms with van der Waals surface area (Å²) in [5.74, 6) is 1.42. The molecule has 0 amide bonds. The topological polar surface area (TPSA) is 73.8 Å². The molecule has 86 valence electrons. The molecule has 0 radical (unpaired) electrons. The Morgan fingerprint density at radius 2 is 2.40 bits per heavy atom. The number of aliphatic hydroxyl groups excluding tert-OH is 1. The van der Waals surface area contributed by atoms with Crippen molar-refractivity contribution in [2.24, 2.45) is 0 Å². The zero-order chi connectivity index (χ0) is 11.1. The molecule has 1 unspecified atom stereocenters. The van der Waals surface area contributed by atoms with Crippen molar-refractivity contribution in [3.63, 3.8) is 0 Å². The monoisotopic (exact) mass is 230 g/mol. The van der Waals surface area contributed by atoms with E-state index in [4.69, 9.17) is 0 Å². The van der Waals surface area contributed by atoms with Crippen molar-refractivity contribution in [2.45, 2.75) is 31.5 Å². The SMILES string of the molecule is CCCNCC(O)CSc1n[nH]c(C)n1. The van der Waals surface area contributed by atoms with Gasteiger partial charge in [-0.15, -0.1) is 5.10 Å². The van der Waals surface area contributed by atoms with Gasteiger partial charge in [0.25, 0.3) is 0 Å². The Kier molecular flexibility index (Phi) is 5.67. The number of hydrogen-bond acceptors (Lipinski definition) is 5. The highest BCUT2D eigenvalue weighted by Crippen LogP contribution is 2.12. The minimum absolute atomic E-state index is 0.347. The van der Waals surface area contributed by atoms with Crippen LogP contribution in [0.2, 0.25) is 0 Å². The number of aliphatic hydroxyl groups is 1. The number of rotatable bonds is 7. The van der Waals surface area contributed by atoms with E-state index >= 15 is 0 Å². The van der Waals surface area contributed by atoms with Crippen molar-refractivity contribution in [3.8, 4) is 0 Å². The summed E-state index contributed by atoms with van der Waals surface area (Å²) in [5, 5.41) is 20.2. The van der Waals surface area contributed by atoms with E-state index in [0.717, 1.165) is 18.8 Å². The van der Waals surface area contributed by atoms with E-state index in [1.165, 1.54) is 11.8 Å². The lowest BCUT2D eigenvalue weighted by molar-refractivity contribution is 0.196. The fourth-order valence-electron chi connectivity index (χ4n) is 1.06. The van der Waals surface area contributed by atoms with E-state index in [-0.39, 0.29) is 6.10 Å². The maximum atomic E-state index is 9.59. The lowest BCUT2D eigenvalue weighted by Gasteiger charge is -2.09. The second kappa shape index (κ2) is 6.81. The number of nitrogens with one attached hydrogen (secondary N) is 2. The van der Waals surface area contributed by atoms with Crippen LogP contribution in [0.25, 0.3) is 0 Å². The van der Waals surface area contributed by atoms with Gasteiger partial charge >= 0.3 is 0 Å². The highest BCUT2D eigenvalue weighted by molar-refractivity contribution is 7.99. The summed E-state index contributed by atoms with van der Waals surface area (Å²) < 4.78 is 0. The molecule has 3 N–H and O–H groups in total. The minimum atomic E-state index is -0.347. The third-order valence-electron chi connectivity index (χ3n) is 1.79. The first-order valence-electron chi connectivity index (χ1n) is 5.13. The van der Waals surface area contributed by atoms with Gasteiger partial charge in [-0.1, -0.05) is 18.7 Å². The van der Waals surface area contributed by atoms with Gasteiger partial charge in [-0.2, -0.15) is 0 Å². The quantitative estimate of drug-likeness (QED) is 0.471. The smallest absolute Gasteiger partial charge is 0.208 e. The van der Waals surface area contributed by atoms with Gasteiger partial charge in [-0.3, -0.25) is 5.10 Å². The number of aryl methyl sites for hydroxylation is 1. The molecule has 0 spiro atoms. The third-order valence-corrected chi connectivity index (χ3v) is 2.78. The van der Waals surface area contributed by atoms with Gasteiger partial charge in [-0.05, 0) is 19.9 Å². The molecule has 0 saturated carbocycles. The Hall–Kier alpha value is -0.590. The summed E-state index contributed by atoms with van der Waals surface area (Å²) in [6.07, 6.45) is 0.736. The van der Waals surface area contributed by atoms with E-state index in [0.29, 0.717) is 17.5 Å². The summed E-state index contributed by atoms with van der Waals surface area (Å²) >= 11 is 1.46. The Bertz CT molecular complexity index is 279. The molecule has 1 atom stereocenters. The Balaban J connectivity index is 2.13. The molecule has 1 aromatic rings. The number of aromatic nitrogens is 3. The first kappa shape index (κ1) is 12.5. The van der Waals surface area contributed by atoms with Gasteiger partial charge in [0.1, 0.15) is 5.82 Å². The van der Waals surface area contributed by atoms with Crippen LogP contribution in [0.3, 0.4) is 0 Å². The van der Waals surface area contributed by atoms with Crippen LogP contribution in [0.5, 0.6) is 0 Å². The van der Waals surface area contributed by atoms with Crippen LogP contribution in [0.1, 0.15) is 19.2 Å². The lowest BCUT2D eigenvalue weighted by atomic mass is 10.4. The summed E-state index contributed by atoms with van der Waals surface area (Å²) in [7, 11) is 0. The minimum Gasteiger partial charge on any atom is -0.391 e. The van der Waals surface area contributed by atoms with Crippen LogP contribution < -0.4 is 5.32 Å². The molecule has 0 saturated heterocycles. The Morgan fingerprint density at radius 3 is 3.00 bits per heavy atom. The van der Waals surface area contributed by atoms with Crippen LogP contribution in [0, 0.1) is 6.92 Å². The van der Waals surface area contributed by atoms with Gasteiger partial charge in [-0.25, -0.2) is 4.98 Å². The fraction of sp³-hybridized carbons (Fsp3) is 0.778. The predicted molar refractivity (Wildman–Crippen MR) is 61.0 cm³/mol. The van der Waals surface area contributed by atoms with E-state index < -0.39 is 0 Å². The van der Waals surface area contributed by atoms with E-state index in [2.05, 4.69) is 27.4 Å². The normalized spacial score (nSPS) is 13.0. The molecular weight excluding hydrogens is 212 g/mol. The molecule has 15 heavy (non-hydrogen) atoms. The zero-order valence-electron chi connectivity index (χ0n) is 9.16. The number of H-pyrrole nitrogens is 1. The molecule has 6 heteroatoms. The van der Waals surface area contributed by atoms with Crippen LogP contribution >= 0.6 is 11.8 Å². The van der Waals surface area contributed by atoms with Crippen LogP contribution in [-0.4, -0.2) is 45.2 Å². The van der Waals surface area contributed by atoms with Crippen molar-refractivity contribution in [1.29, 1.82) is 0 Å². The van der Waals surface area contributed by atoms with Crippen LogP contribution in [-0.2, 0) is 0 Å². The Labute approximate surface area is 94.1 Å². The molecule has 0 aliphatic heterocycles. The van der Waals surface area contributed by atoms with Gasteiger partial charge < -0.3 is 10.4 Å². The molecule has 0 fully saturated rings. The van der Waals surface area contributed by atoms with Crippen molar-refractivity contribution in [2.75, 3.05) is 18.8 Å². The molecule has 0 aliphatic carbocycles. The van der Waals surface area contributed by atoms with Gasteiger partial charge in [0, 0.05) is 12.3 Å². The predicted octanol–water partition coefficient (Wildman–Crippen LogP) is 0.566. The van der Waals surface area contributed by atoms with Crippen LogP contribution in [0.4, 0.5) is 0 Å². The standard InChI is InChI=1S/C9H18N4OS/c1-3-4-10-5-8(14)6-15-9-11-7(2)12-13-9/h8,10,14H,3-6H2,1-2H3,(H,11,12,13). The molecule has 5 nitrogen and oxygen atoms in total. The average Bonchev–Trinajstić information content (AvgIpc) is 2.62. The number of aromatic amines is 1. The molecule has 1 aromatic heterocycles. The van der Waals surface area contributed by atoms with Crippen molar-refractivity contribution in [3.05, 3.63) is 5.82 Å². The summed E-state index contributed by atoms with van der Waals surface area (Å²) in [5.41, 5.74) is 0.